The van der Waals surface area contributed by atoms with Crippen LogP contribution in [-0.4, -0.2) is 60.9 Å². The lowest BCUT2D eigenvalue weighted by atomic mass is 10.1. The van der Waals surface area contributed by atoms with Gasteiger partial charge in [0.1, 0.15) is 23.9 Å². The molecule has 2 heterocycles. The highest BCUT2D eigenvalue weighted by atomic mass is 16.5. The molecule has 6 nitrogen and oxygen atoms in total. The first kappa shape index (κ1) is 20.9. The van der Waals surface area contributed by atoms with Crippen molar-refractivity contribution in [2.75, 3.05) is 40.0 Å². The summed E-state index contributed by atoms with van der Waals surface area (Å²) in [7, 11) is 1.67. The fraction of sp³-hybridized carbons (Fsp3) is 0.545. The van der Waals surface area contributed by atoms with Crippen LogP contribution in [0.25, 0.3) is 0 Å². The number of aliphatic hydroxyl groups is 1. The summed E-state index contributed by atoms with van der Waals surface area (Å²) in [5, 5.41) is 9.54. The number of piperazine rings is 1. The zero-order chi connectivity index (χ0) is 19.8. The van der Waals surface area contributed by atoms with Crippen LogP contribution in [0, 0.1) is 0 Å². The number of benzene rings is 1. The van der Waals surface area contributed by atoms with E-state index in [4.69, 9.17) is 13.9 Å². The molecule has 154 valence electrons. The largest absolute Gasteiger partial charge is 0.494 e. The van der Waals surface area contributed by atoms with Crippen molar-refractivity contribution >= 4 is 0 Å². The first-order chi connectivity index (χ1) is 13.7. The highest BCUT2D eigenvalue weighted by molar-refractivity contribution is 5.27. The monoisotopic (exact) mass is 388 g/mol. The van der Waals surface area contributed by atoms with Crippen molar-refractivity contribution in [2.45, 2.75) is 39.1 Å². The molecule has 1 atom stereocenters. The van der Waals surface area contributed by atoms with E-state index in [1.807, 2.05) is 31.2 Å². The van der Waals surface area contributed by atoms with E-state index in [9.17, 15) is 5.11 Å². The Morgan fingerprint density at radius 2 is 1.86 bits per heavy atom. The van der Waals surface area contributed by atoms with Gasteiger partial charge in [-0.05, 0) is 43.2 Å². The molecule has 3 rings (SSSR count). The SMILES string of the molecule is CCOc1ccc(CN2CCN(Cc3ccc(COC)o3)C[C@H]2CCO)cc1. The maximum atomic E-state index is 9.54. The molecule has 1 aliphatic rings. The Labute approximate surface area is 167 Å². The smallest absolute Gasteiger partial charge is 0.129 e. The normalized spacial score (nSPS) is 18.5. The second-order valence-corrected chi connectivity index (χ2v) is 7.25. The zero-order valence-electron chi connectivity index (χ0n) is 17.0. The van der Waals surface area contributed by atoms with Crippen molar-refractivity contribution in [2.24, 2.45) is 0 Å². The van der Waals surface area contributed by atoms with Gasteiger partial charge in [-0.2, -0.15) is 0 Å². The van der Waals surface area contributed by atoms with E-state index in [1.54, 1.807) is 7.11 Å². The number of rotatable bonds is 10. The molecule has 1 N–H and O–H groups in total. The standard InChI is InChI=1S/C22H32N2O4/c1-3-27-20-6-4-18(5-7-20)14-24-12-11-23(15-19(24)10-13-25)16-21-8-9-22(28-21)17-26-2/h4-9,19,25H,3,10-17H2,1-2H3/t19-/m1/s1. The Kier molecular flexibility index (Phi) is 7.91. The molecule has 0 spiro atoms. The van der Waals surface area contributed by atoms with Crippen molar-refractivity contribution < 1.29 is 19.0 Å². The predicted octanol–water partition coefficient (Wildman–Crippen LogP) is 2.89. The van der Waals surface area contributed by atoms with Gasteiger partial charge in [0.05, 0.1) is 13.2 Å². The van der Waals surface area contributed by atoms with Crippen LogP contribution >= 0.6 is 0 Å². The van der Waals surface area contributed by atoms with E-state index in [1.165, 1.54) is 5.56 Å². The molecule has 0 radical (unpaired) electrons. The summed E-state index contributed by atoms with van der Waals surface area (Å²) in [4.78, 5) is 4.88. The second kappa shape index (κ2) is 10.6. The topological polar surface area (TPSA) is 58.3 Å². The minimum absolute atomic E-state index is 0.205. The van der Waals surface area contributed by atoms with Gasteiger partial charge in [0.15, 0.2) is 0 Å². The molecule has 6 heteroatoms. The summed E-state index contributed by atoms with van der Waals surface area (Å²) in [5.41, 5.74) is 1.27. The highest BCUT2D eigenvalue weighted by Gasteiger charge is 2.27. The van der Waals surface area contributed by atoms with Gasteiger partial charge in [0.2, 0.25) is 0 Å². The van der Waals surface area contributed by atoms with Crippen LogP contribution < -0.4 is 4.74 Å². The predicted molar refractivity (Wildman–Crippen MR) is 108 cm³/mol. The number of nitrogens with zero attached hydrogens (tertiary/aromatic N) is 2. The molecule has 1 aromatic carbocycles. The van der Waals surface area contributed by atoms with Crippen LogP contribution in [0.2, 0.25) is 0 Å². The van der Waals surface area contributed by atoms with E-state index >= 15 is 0 Å². The van der Waals surface area contributed by atoms with E-state index in [0.717, 1.165) is 56.4 Å². The molecule has 0 aliphatic carbocycles. The number of ether oxygens (including phenoxy) is 2. The van der Waals surface area contributed by atoms with E-state index in [0.29, 0.717) is 19.3 Å². The fourth-order valence-corrected chi connectivity index (χ4v) is 3.77. The third-order valence-corrected chi connectivity index (χ3v) is 5.15. The van der Waals surface area contributed by atoms with Crippen LogP contribution in [0.1, 0.15) is 30.4 Å². The van der Waals surface area contributed by atoms with Crippen molar-refractivity contribution in [1.82, 2.24) is 9.80 Å². The molecule has 1 aromatic heterocycles. The molecule has 0 bridgehead atoms. The van der Waals surface area contributed by atoms with E-state index < -0.39 is 0 Å². The average Bonchev–Trinajstić information content (AvgIpc) is 3.13. The zero-order valence-corrected chi connectivity index (χ0v) is 17.0. The lowest BCUT2D eigenvalue weighted by Crippen LogP contribution is -2.52. The van der Waals surface area contributed by atoms with Crippen molar-refractivity contribution in [3.8, 4) is 5.75 Å². The second-order valence-electron chi connectivity index (χ2n) is 7.25. The van der Waals surface area contributed by atoms with Gasteiger partial charge in [-0.1, -0.05) is 12.1 Å². The number of aliphatic hydroxyl groups excluding tert-OH is 1. The Bertz CT molecular complexity index is 701. The Morgan fingerprint density at radius 3 is 2.57 bits per heavy atom. The van der Waals surface area contributed by atoms with Crippen molar-refractivity contribution in [3.05, 3.63) is 53.5 Å². The molecule has 1 fully saturated rings. The van der Waals surface area contributed by atoms with Crippen LogP contribution in [0.15, 0.2) is 40.8 Å². The minimum Gasteiger partial charge on any atom is -0.494 e. The maximum absolute atomic E-state index is 9.54. The number of furan rings is 1. The quantitative estimate of drug-likeness (QED) is 0.675. The Morgan fingerprint density at radius 1 is 1.07 bits per heavy atom. The summed E-state index contributed by atoms with van der Waals surface area (Å²) < 4.78 is 16.5. The number of hydrogen-bond acceptors (Lipinski definition) is 6. The summed E-state index contributed by atoms with van der Waals surface area (Å²) in [6.07, 6.45) is 0.778. The molecule has 1 aliphatic heterocycles. The van der Waals surface area contributed by atoms with Crippen LogP contribution in [0.4, 0.5) is 0 Å². The summed E-state index contributed by atoms with van der Waals surface area (Å²) in [6, 6.07) is 12.7. The number of methoxy groups -OCH3 is 1. The third-order valence-electron chi connectivity index (χ3n) is 5.15. The van der Waals surface area contributed by atoms with E-state index in [-0.39, 0.29) is 6.61 Å². The van der Waals surface area contributed by atoms with Gasteiger partial charge in [0, 0.05) is 45.9 Å². The Balaban J connectivity index is 1.57. The molecule has 28 heavy (non-hydrogen) atoms. The molecular weight excluding hydrogens is 356 g/mol. The van der Waals surface area contributed by atoms with Crippen LogP contribution in [-0.2, 0) is 24.4 Å². The fourth-order valence-electron chi connectivity index (χ4n) is 3.77. The Hall–Kier alpha value is -1.86. The van der Waals surface area contributed by atoms with Gasteiger partial charge in [-0.15, -0.1) is 0 Å². The summed E-state index contributed by atoms with van der Waals surface area (Å²) in [6.45, 7) is 7.96. The lowest BCUT2D eigenvalue weighted by Gasteiger charge is -2.41. The van der Waals surface area contributed by atoms with Gasteiger partial charge in [-0.3, -0.25) is 9.80 Å². The summed E-state index contributed by atoms with van der Waals surface area (Å²) >= 11 is 0. The number of hydrogen-bond donors (Lipinski definition) is 1. The molecule has 0 unspecified atom stereocenters. The minimum atomic E-state index is 0.205. The highest BCUT2D eigenvalue weighted by Crippen LogP contribution is 2.21. The van der Waals surface area contributed by atoms with Gasteiger partial charge in [-0.25, -0.2) is 0 Å². The molecule has 0 amide bonds. The maximum Gasteiger partial charge on any atom is 0.129 e. The van der Waals surface area contributed by atoms with E-state index in [2.05, 4.69) is 21.9 Å². The van der Waals surface area contributed by atoms with Crippen LogP contribution in [0.3, 0.4) is 0 Å². The van der Waals surface area contributed by atoms with Crippen molar-refractivity contribution in [1.29, 1.82) is 0 Å². The molecular formula is C22H32N2O4. The summed E-state index contributed by atoms with van der Waals surface area (Å²) in [5.74, 6) is 2.74. The molecule has 2 aromatic rings. The van der Waals surface area contributed by atoms with Gasteiger partial charge < -0.3 is 19.0 Å². The van der Waals surface area contributed by atoms with Crippen LogP contribution in [0.5, 0.6) is 5.75 Å². The first-order valence-electron chi connectivity index (χ1n) is 10.1. The molecule has 1 saturated heterocycles. The van der Waals surface area contributed by atoms with Gasteiger partial charge >= 0.3 is 0 Å². The third kappa shape index (κ3) is 5.82. The average molecular weight is 389 g/mol. The first-order valence-corrected chi connectivity index (χ1v) is 10.1. The van der Waals surface area contributed by atoms with Gasteiger partial charge in [0.25, 0.3) is 0 Å². The molecule has 0 saturated carbocycles. The van der Waals surface area contributed by atoms with Crippen molar-refractivity contribution in [3.63, 3.8) is 0 Å². The lowest BCUT2D eigenvalue weighted by molar-refractivity contribution is 0.0462.